The van der Waals surface area contributed by atoms with Crippen molar-refractivity contribution in [3.05, 3.63) is 0 Å². The Morgan fingerprint density at radius 3 is 2.50 bits per heavy atom. The minimum absolute atomic E-state index is 0.266. The van der Waals surface area contributed by atoms with Crippen molar-refractivity contribution in [3.63, 3.8) is 0 Å². The van der Waals surface area contributed by atoms with E-state index in [2.05, 4.69) is 18.7 Å². The minimum Gasteiger partial charge on any atom is -0.395 e. The van der Waals surface area contributed by atoms with Gasteiger partial charge in [-0.3, -0.25) is 4.90 Å². The molecule has 1 fully saturated rings. The van der Waals surface area contributed by atoms with E-state index in [-0.39, 0.29) is 6.61 Å². The first-order valence-corrected chi connectivity index (χ1v) is 6.66. The Bertz CT molecular complexity index is 169. The number of hydrogen-bond donors (Lipinski definition) is 1. The van der Waals surface area contributed by atoms with Crippen molar-refractivity contribution in [3.8, 4) is 0 Å². The number of ether oxygens (including phenoxy) is 1. The van der Waals surface area contributed by atoms with E-state index in [1.54, 1.807) is 0 Å². The maximum Gasteiger partial charge on any atom is 0.0593 e. The summed E-state index contributed by atoms with van der Waals surface area (Å²) in [7, 11) is 0. The summed E-state index contributed by atoms with van der Waals surface area (Å²) in [4.78, 5) is 2.37. The van der Waals surface area contributed by atoms with Gasteiger partial charge in [0.05, 0.1) is 13.2 Å². The second-order valence-electron chi connectivity index (χ2n) is 5.14. The zero-order valence-electron chi connectivity index (χ0n) is 10.8. The van der Waals surface area contributed by atoms with E-state index in [0.29, 0.717) is 6.04 Å². The van der Waals surface area contributed by atoms with Crippen molar-refractivity contribution in [2.24, 2.45) is 5.92 Å². The monoisotopic (exact) mass is 229 g/mol. The summed E-state index contributed by atoms with van der Waals surface area (Å²) in [6.07, 6.45) is 5.09. The van der Waals surface area contributed by atoms with Crippen molar-refractivity contribution < 1.29 is 9.84 Å². The molecule has 0 bridgehead atoms. The van der Waals surface area contributed by atoms with Gasteiger partial charge in [0.2, 0.25) is 0 Å². The number of aliphatic hydroxyl groups excluding tert-OH is 1. The quantitative estimate of drug-likeness (QED) is 0.613. The summed E-state index contributed by atoms with van der Waals surface area (Å²) < 4.78 is 5.62. The smallest absolute Gasteiger partial charge is 0.0593 e. The van der Waals surface area contributed by atoms with E-state index in [1.165, 1.54) is 19.3 Å². The molecule has 0 heterocycles. The molecule has 0 spiro atoms. The van der Waals surface area contributed by atoms with Gasteiger partial charge in [0.25, 0.3) is 0 Å². The first-order valence-electron chi connectivity index (χ1n) is 6.66. The summed E-state index contributed by atoms with van der Waals surface area (Å²) in [6, 6.07) is 0.709. The number of nitrogens with zero attached hydrogens (tertiary/aromatic N) is 1. The van der Waals surface area contributed by atoms with Crippen molar-refractivity contribution in [1.82, 2.24) is 4.90 Å². The Hall–Kier alpha value is -0.120. The highest BCUT2D eigenvalue weighted by Gasteiger charge is 2.23. The third-order valence-electron chi connectivity index (χ3n) is 3.34. The average Bonchev–Trinajstić information content (AvgIpc) is 2.14. The molecule has 3 heteroatoms. The summed E-state index contributed by atoms with van der Waals surface area (Å²) in [5.74, 6) is 0.722. The molecule has 0 amide bonds. The fourth-order valence-corrected chi connectivity index (χ4v) is 1.96. The second-order valence-corrected chi connectivity index (χ2v) is 5.14. The van der Waals surface area contributed by atoms with E-state index in [9.17, 15) is 0 Å². The van der Waals surface area contributed by atoms with Gasteiger partial charge in [-0.25, -0.2) is 0 Å². The van der Waals surface area contributed by atoms with Crippen LogP contribution in [0.2, 0.25) is 0 Å². The molecule has 0 radical (unpaired) electrons. The van der Waals surface area contributed by atoms with Crippen molar-refractivity contribution in [2.45, 2.75) is 45.6 Å². The lowest BCUT2D eigenvalue weighted by Gasteiger charge is -2.37. The van der Waals surface area contributed by atoms with Crippen LogP contribution in [0.1, 0.15) is 39.5 Å². The Labute approximate surface area is 99.8 Å². The normalized spacial score (nSPS) is 17.1. The lowest BCUT2D eigenvalue weighted by molar-refractivity contribution is 0.0503. The molecule has 1 aliphatic rings. The summed E-state index contributed by atoms with van der Waals surface area (Å²) in [6.45, 7) is 8.16. The second kappa shape index (κ2) is 8.04. The van der Waals surface area contributed by atoms with Gasteiger partial charge < -0.3 is 9.84 Å². The van der Waals surface area contributed by atoms with Crippen LogP contribution in [0.5, 0.6) is 0 Å². The molecule has 1 saturated carbocycles. The van der Waals surface area contributed by atoms with Crippen LogP contribution in [-0.4, -0.2) is 49.0 Å². The molecule has 1 aliphatic carbocycles. The lowest BCUT2D eigenvalue weighted by atomic mass is 9.91. The summed E-state index contributed by atoms with van der Waals surface area (Å²) in [5, 5.41) is 9.00. The Kier molecular flexibility index (Phi) is 7.01. The molecule has 0 aromatic carbocycles. The van der Waals surface area contributed by atoms with Crippen LogP contribution in [0.25, 0.3) is 0 Å². The molecular weight excluding hydrogens is 202 g/mol. The van der Waals surface area contributed by atoms with Crippen LogP contribution >= 0.6 is 0 Å². The lowest BCUT2D eigenvalue weighted by Crippen LogP contribution is -2.43. The van der Waals surface area contributed by atoms with Crippen LogP contribution in [0, 0.1) is 5.92 Å². The molecule has 1 N–H and O–H groups in total. The molecule has 0 aromatic rings. The van der Waals surface area contributed by atoms with Gasteiger partial charge in [-0.15, -0.1) is 0 Å². The molecule has 0 aliphatic heterocycles. The van der Waals surface area contributed by atoms with E-state index < -0.39 is 0 Å². The van der Waals surface area contributed by atoms with Crippen molar-refractivity contribution >= 4 is 0 Å². The van der Waals surface area contributed by atoms with E-state index in [1.807, 2.05) is 0 Å². The van der Waals surface area contributed by atoms with Crippen molar-refractivity contribution in [2.75, 3.05) is 32.9 Å². The van der Waals surface area contributed by atoms with Crippen LogP contribution < -0.4 is 0 Å². The summed E-state index contributed by atoms with van der Waals surface area (Å²) >= 11 is 0. The molecule has 16 heavy (non-hydrogen) atoms. The van der Waals surface area contributed by atoms with Gasteiger partial charge in [-0.2, -0.15) is 0 Å². The first kappa shape index (κ1) is 13.9. The minimum atomic E-state index is 0.266. The molecule has 0 unspecified atom stereocenters. The predicted molar refractivity (Wildman–Crippen MR) is 66.6 cm³/mol. The van der Waals surface area contributed by atoms with Gasteiger partial charge in [0.1, 0.15) is 0 Å². The molecule has 0 atom stereocenters. The van der Waals surface area contributed by atoms with Gasteiger partial charge in [0, 0.05) is 25.7 Å². The Balaban J connectivity index is 2.03. The largest absolute Gasteiger partial charge is 0.395 e. The molecule has 0 saturated heterocycles. The molecule has 1 rings (SSSR count). The molecule has 96 valence electrons. The standard InChI is InChI=1S/C13H27NO2/c1-12(2)6-10-16-11-8-14(7-9-15)13-4-3-5-13/h12-13,15H,3-11H2,1-2H3. The fraction of sp³-hybridized carbons (Fsp3) is 1.00. The van der Waals surface area contributed by atoms with Gasteiger partial charge in [-0.05, 0) is 25.2 Å². The maximum atomic E-state index is 9.00. The number of rotatable bonds is 9. The first-order chi connectivity index (χ1) is 7.74. The molecule has 0 aromatic heterocycles. The number of aliphatic hydroxyl groups is 1. The van der Waals surface area contributed by atoms with E-state index in [0.717, 1.165) is 38.6 Å². The predicted octanol–water partition coefficient (Wildman–Crippen LogP) is 1.90. The molecule has 3 nitrogen and oxygen atoms in total. The maximum absolute atomic E-state index is 9.00. The van der Waals surface area contributed by atoms with Gasteiger partial charge in [0.15, 0.2) is 0 Å². The zero-order chi connectivity index (χ0) is 11.8. The Morgan fingerprint density at radius 2 is 2.00 bits per heavy atom. The van der Waals surface area contributed by atoms with Crippen LogP contribution in [0.4, 0.5) is 0 Å². The third kappa shape index (κ3) is 5.28. The van der Waals surface area contributed by atoms with Crippen LogP contribution in [-0.2, 0) is 4.74 Å². The van der Waals surface area contributed by atoms with E-state index >= 15 is 0 Å². The molecular formula is C13H27NO2. The Morgan fingerprint density at radius 1 is 1.25 bits per heavy atom. The van der Waals surface area contributed by atoms with Crippen LogP contribution in [0.3, 0.4) is 0 Å². The average molecular weight is 229 g/mol. The van der Waals surface area contributed by atoms with Gasteiger partial charge in [-0.1, -0.05) is 20.3 Å². The fourth-order valence-electron chi connectivity index (χ4n) is 1.96. The highest BCUT2D eigenvalue weighted by atomic mass is 16.5. The summed E-state index contributed by atoms with van der Waals surface area (Å²) in [5.41, 5.74) is 0. The SMILES string of the molecule is CC(C)CCOCCN(CCO)C1CCC1. The zero-order valence-corrected chi connectivity index (χ0v) is 10.8. The topological polar surface area (TPSA) is 32.7 Å². The van der Waals surface area contributed by atoms with Gasteiger partial charge >= 0.3 is 0 Å². The third-order valence-corrected chi connectivity index (χ3v) is 3.34. The van der Waals surface area contributed by atoms with E-state index in [4.69, 9.17) is 9.84 Å². The number of hydrogen-bond acceptors (Lipinski definition) is 3. The van der Waals surface area contributed by atoms with Crippen molar-refractivity contribution in [1.29, 1.82) is 0 Å². The highest BCUT2D eigenvalue weighted by molar-refractivity contribution is 4.79. The van der Waals surface area contributed by atoms with Crippen LogP contribution in [0.15, 0.2) is 0 Å². The highest BCUT2D eigenvalue weighted by Crippen LogP contribution is 2.24.